The van der Waals surface area contributed by atoms with Gasteiger partial charge in [-0.15, -0.1) is 10.2 Å². The van der Waals surface area contributed by atoms with E-state index in [2.05, 4.69) is 26.6 Å². The molecule has 7 heteroatoms. The van der Waals surface area contributed by atoms with E-state index in [9.17, 15) is 0 Å². The molecule has 2 aromatic rings. The first-order chi connectivity index (χ1) is 11.8. The van der Waals surface area contributed by atoms with Crippen LogP contribution in [0.15, 0.2) is 28.0 Å². The van der Waals surface area contributed by atoms with Crippen LogP contribution in [0.2, 0.25) is 0 Å². The number of rotatable bonds is 8. The van der Waals surface area contributed by atoms with Gasteiger partial charge < -0.3 is 14.1 Å². The number of hydrogen-bond donors (Lipinski definition) is 0. The molecule has 3 rings (SSSR count). The van der Waals surface area contributed by atoms with Crippen LogP contribution in [0.4, 0.5) is 5.95 Å². The number of ether oxygens (including phenoxy) is 1. The normalized spacial score (nSPS) is 16.0. The van der Waals surface area contributed by atoms with E-state index in [0.29, 0.717) is 6.54 Å². The van der Waals surface area contributed by atoms with Crippen LogP contribution in [0.1, 0.15) is 32.4 Å². The van der Waals surface area contributed by atoms with Gasteiger partial charge >= 0.3 is 0 Å². The highest BCUT2D eigenvalue weighted by Crippen LogP contribution is 2.27. The number of furan rings is 1. The third-order valence-electron chi connectivity index (χ3n) is 4.32. The average molecular weight is 350 g/mol. The van der Waals surface area contributed by atoms with Crippen molar-refractivity contribution in [3.63, 3.8) is 0 Å². The summed E-state index contributed by atoms with van der Waals surface area (Å²) in [7, 11) is 0. The summed E-state index contributed by atoms with van der Waals surface area (Å²) in [5, 5.41) is 9.84. The molecule has 2 aromatic heterocycles. The Kier molecular flexibility index (Phi) is 6.20. The van der Waals surface area contributed by atoms with Gasteiger partial charge in [-0.25, -0.2) is 0 Å². The molecular formula is C17H26N4O2S. The molecule has 0 bridgehead atoms. The first-order valence-electron chi connectivity index (χ1n) is 8.69. The molecule has 24 heavy (non-hydrogen) atoms. The number of thioether (sulfide) groups is 1. The van der Waals surface area contributed by atoms with Crippen molar-refractivity contribution >= 4 is 17.7 Å². The molecule has 0 atom stereocenters. The van der Waals surface area contributed by atoms with Gasteiger partial charge in [-0.1, -0.05) is 18.7 Å². The molecule has 1 aliphatic rings. The summed E-state index contributed by atoms with van der Waals surface area (Å²) >= 11 is 1.69. The van der Waals surface area contributed by atoms with Gasteiger partial charge in [0.15, 0.2) is 5.16 Å². The molecule has 132 valence electrons. The van der Waals surface area contributed by atoms with E-state index < -0.39 is 0 Å². The van der Waals surface area contributed by atoms with Gasteiger partial charge in [0.1, 0.15) is 5.76 Å². The van der Waals surface area contributed by atoms with Crippen LogP contribution in [0.5, 0.6) is 0 Å². The Hall–Kier alpha value is -1.47. The van der Waals surface area contributed by atoms with Crippen molar-refractivity contribution in [3.05, 3.63) is 24.2 Å². The molecule has 0 amide bonds. The van der Waals surface area contributed by atoms with Gasteiger partial charge in [-0.3, -0.25) is 4.57 Å². The molecule has 1 saturated heterocycles. The molecule has 3 heterocycles. The Balaban J connectivity index is 1.75. The summed E-state index contributed by atoms with van der Waals surface area (Å²) in [6, 6.07) is 3.92. The van der Waals surface area contributed by atoms with Gasteiger partial charge in [-0.05, 0) is 37.8 Å². The van der Waals surface area contributed by atoms with Crippen LogP contribution in [-0.2, 0) is 11.3 Å². The van der Waals surface area contributed by atoms with Crippen molar-refractivity contribution in [3.8, 4) is 0 Å². The van der Waals surface area contributed by atoms with E-state index in [4.69, 9.17) is 9.15 Å². The Morgan fingerprint density at radius 3 is 2.88 bits per heavy atom. The van der Waals surface area contributed by atoms with E-state index in [0.717, 1.165) is 54.8 Å². The van der Waals surface area contributed by atoms with Gasteiger partial charge in [0.05, 0.1) is 19.4 Å². The molecule has 0 spiro atoms. The second-order valence-corrected chi connectivity index (χ2v) is 7.23. The van der Waals surface area contributed by atoms with Gasteiger partial charge in [0.25, 0.3) is 0 Å². The van der Waals surface area contributed by atoms with Gasteiger partial charge in [0, 0.05) is 25.4 Å². The average Bonchev–Trinajstić information content (AvgIpc) is 3.24. The monoisotopic (exact) mass is 350 g/mol. The van der Waals surface area contributed by atoms with Crippen LogP contribution >= 0.6 is 11.8 Å². The fraction of sp³-hybridized carbons (Fsp3) is 0.647. The second kappa shape index (κ2) is 8.58. The minimum absolute atomic E-state index is 0.665. The Morgan fingerprint density at radius 2 is 2.17 bits per heavy atom. The molecular weight excluding hydrogens is 324 g/mol. The van der Waals surface area contributed by atoms with Crippen molar-refractivity contribution in [1.82, 2.24) is 14.8 Å². The van der Waals surface area contributed by atoms with Crippen molar-refractivity contribution in [2.45, 2.75) is 38.4 Å². The predicted octanol–water partition coefficient (Wildman–Crippen LogP) is 3.28. The zero-order chi connectivity index (χ0) is 16.8. The Morgan fingerprint density at radius 1 is 1.33 bits per heavy atom. The lowest BCUT2D eigenvalue weighted by molar-refractivity contribution is 0.164. The zero-order valence-corrected chi connectivity index (χ0v) is 15.3. The van der Waals surface area contributed by atoms with E-state index in [1.54, 1.807) is 18.0 Å². The fourth-order valence-corrected chi connectivity index (χ4v) is 3.65. The minimum Gasteiger partial charge on any atom is -0.467 e. The van der Waals surface area contributed by atoms with Crippen molar-refractivity contribution in [1.29, 1.82) is 0 Å². The van der Waals surface area contributed by atoms with Crippen molar-refractivity contribution in [2.75, 3.05) is 37.0 Å². The van der Waals surface area contributed by atoms with Gasteiger partial charge in [0.2, 0.25) is 5.95 Å². The lowest BCUT2D eigenvalue weighted by Crippen LogP contribution is -2.35. The first-order valence-corrected chi connectivity index (χ1v) is 9.67. The van der Waals surface area contributed by atoms with Crippen LogP contribution in [0.25, 0.3) is 0 Å². The molecule has 1 fully saturated rings. The summed E-state index contributed by atoms with van der Waals surface area (Å²) < 4.78 is 13.1. The van der Waals surface area contributed by atoms with E-state index in [1.165, 1.54) is 12.8 Å². The third-order valence-corrected chi connectivity index (χ3v) is 5.25. The molecule has 0 radical (unpaired) electrons. The molecule has 0 N–H and O–H groups in total. The SMILES string of the molecule is CCOCCSc1nnc(N2CCC(C)CC2)n1Cc1ccco1. The maximum Gasteiger partial charge on any atom is 0.228 e. The van der Waals surface area contributed by atoms with Crippen LogP contribution < -0.4 is 4.90 Å². The lowest BCUT2D eigenvalue weighted by Gasteiger charge is -2.31. The van der Waals surface area contributed by atoms with E-state index in [1.807, 2.05) is 19.1 Å². The van der Waals surface area contributed by atoms with Crippen molar-refractivity contribution < 1.29 is 9.15 Å². The van der Waals surface area contributed by atoms with Crippen LogP contribution in [0.3, 0.4) is 0 Å². The fourth-order valence-electron chi connectivity index (χ4n) is 2.86. The molecule has 0 saturated carbocycles. The summed E-state index contributed by atoms with van der Waals surface area (Å²) in [5.74, 6) is 3.55. The van der Waals surface area contributed by atoms with Gasteiger partial charge in [-0.2, -0.15) is 0 Å². The molecule has 1 aliphatic heterocycles. The number of anilines is 1. The highest BCUT2D eigenvalue weighted by molar-refractivity contribution is 7.99. The maximum absolute atomic E-state index is 5.54. The smallest absolute Gasteiger partial charge is 0.228 e. The predicted molar refractivity (Wildman–Crippen MR) is 95.7 cm³/mol. The van der Waals surface area contributed by atoms with Crippen LogP contribution in [0, 0.1) is 5.92 Å². The van der Waals surface area contributed by atoms with Crippen molar-refractivity contribution in [2.24, 2.45) is 5.92 Å². The highest BCUT2D eigenvalue weighted by atomic mass is 32.2. The standard InChI is InChI=1S/C17H26N4O2S/c1-3-22-11-12-24-17-19-18-16(20-8-6-14(2)7-9-20)21(17)13-15-5-4-10-23-15/h4-5,10,14H,3,6-9,11-13H2,1-2H3. The summed E-state index contributed by atoms with van der Waals surface area (Å²) in [5.41, 5.74) is 0. The number of aromatic nitrogens is 3. The number of hydrogen-bond acceptors (Lipinski definition) is 6. The topological polar surface area (TPSA) is 56.3 Å². The summed E-state index contributed by atoms with van der Waals surface area (Å²) in [4.78, 5) is 2.35. The first kappa shape index (κ1) is 17.4. The Labute approximate surface area is 147 Å². The third kappa shape index (κ3) is 4.33. The minimum atomic E-state index is 0.665. The number of piperidine rings is 1. The number of nitrogens with zero attached hydrogens (tertiary/aromatic N) is 4. The van der Waals surface area contributed by atoms with Crippen LogP contribution in [-0.4, -0.2) is 46.8 Å². The summed E-state index contributed by atoms with van der Waals surface area (Å²) in [6.07, 6.45) is 4.13. The molecule has 6 nitrogen and oxygen atoms in total. The summed E-state index contributed by atoms with van der Waals surface area (Å²) in [6.45, 7) is 8.56. The van der Waals surface area contributed by atoms with E-state index in [-0.39, 0.29) is 0 Å². The highest BCUT2D eigenvalue weighted by Gasteiger charge is 2.23. The maximum atomic E-state index is 5.54. The molecule has 0 unspecified atom stereocenters. The zero-order valence-electron chi connectivity index (χ0n) is 14.5. The lowest BCUT2D eigenvalue weighted by atomic mass is 10.00. The Bertz CT molecular complexity index is 606. The molecule has 0 aromatic carbocycles. The second-order valence-electron chi connectivity index (χ2n) is 6.16. The van der Waals surface area contributed by atoms with E-state index >= 15 is 0 Å². The molecule has 0 aliphatic carbocycles. The quantitative estimate of drug-likeness (QED) is 0.538. The largest absolute Gasteiger partial charge is 0.467 e.